The van der Waals surface area contributed by atoms with E-state index in [1.54, 1.807) is 18.2 Å². The number of hydrogen-bond donors (Lipinski definition) is 0. The highest BCUT2D eigenvalue weighted by Crippen LogP contribution is 2.47. The van der Waals surface area contributed by atoms with Crippen LogP contribution < -0.4 is 0 Å². The van der Waals surface area contributed by atoms with Gasteiger partial charge in [0.05, 0.1) is 19.2 Å². The summed E-state index contributed by atoms with van der Waals surface area (Å²) < 4.78 is 128. The molecule has 1 nitrogen and oxygen atoms in total. The number of fused-ring (bicyclic) bond motifs is 6. The minimum absolute atomic E-state index is 0.0203. The Bertz CT molecular complexity index is 3210. The highest BCUT2D eigenvalue weighted by molar-refractivity contribution is 6.26. The molecule has 9 aromatic rings. The van der Waals surface area contributed by atoms with Crippen LogP contribution in [0.3, 0.4) is 0 Å². The van der Waals surface area contributed by atoms with Gasteiger partial charge >= 0.3 is 0 Å². The molecule has 0 fully saturated rings. The lowest BCUT2D eigenvalue weighted by Crippen LogP contribution is -1.91. The van der Waals surface area contributed by atoms with Crippen molar-refractivity contribution >= 4 is 54.3 Å². The van der Waals surface area contributed by atoms with Crippen molar-refractivity contribution < 1.29 is 23.6 Å². The maximum Gasteiger partial charge on any atom is 0.136 e. The molecule has 0 aliphatic carbocycles. The van der Waals surface area contributed by atoms with Crippen LogP contribution in [0.4, 0.5) is 0 Å². The van der Waals surface area contributed by atoms with Gasteiger partial charge in [0.15, 0.2) is 0 Å². The first-order chi connectivity index (χ1) is 27.2. The summed E-state index contributed by atoms with van der Waals surface area (Å²) in [4.78, 5) is 0. The molecule has 0 amide bonds. The van der Waals surface area contributed by atoms with Gasteiger partial charge in [0, 0.05) is 10.8 Å². The maximum absolute atomic E-state index is 9.42. The van der Waals surface area contributed by atoms with Gasteiger partial charge in [-0.3, -0.25) is 0 Å². The summed E-state index contributed by atoms with van der Waals surface area (Å²) in [5, 5.41) is 2.26. The average molecular weight is 561 g/mol. The highest BCUT2D eigenvalue weighted by atomic mass is 16.3. The molecular formula is C42H26O. The molecule has 0 bridgehead atoms. The van der Waals surface area contributed by atoms with Gasteiger partial charge in [0.1, 0.15) is 11.2 Å². The van der Waals surface area contributed by atoms with Gasteiger partial charge in [0.25, 0.3) is 0 Å². The van der Waals surface area contributed by atoms with Crippen molar-refractivity contribution in [2.45, 2.75) is 0 Å². The maximum atomic E-state index is 9.42. The number of hydrogen-bond acceptors (Lipinski definition) is 1. The van der Waals surface area contributed by atoms with E-state index in [4.69, 9.17) is 20.9 Å². The topological polar surface area (TPSA) is 13.1 Å². The second-order valence-electron chi connectivity index (χ2n) is 10.2. The normalized spacial score (nSPS) is 16.3. The molecule has 8 aromatic carbocycles. The van der Waals surface area contributed by atoms with Crippen LogP contribution in [-0.4, -0.2) is 0 Å². The summed E-state index contributed by atoms with van der Waals surface area (Å²) in [5.41, 5.74) is 2.10. The molecule has 1 heterocycles. The van der Waals surface area contributed by atoms with Gasteiger partial charge in [-0.25, -0.2) is 0 Å². The van der Waals surface area contributed by atoms with Gasteiger partial charge < -0.3 is 4.42 Å². The molecule has 0 aliphatic heterocycles. The first-order valence-corrected chi connectivity index (χ1v) is 13.6. The van der Waals surface area contributed by atoms with Gasteiger partial charge in [0.2, 0.25) is 0 Å². The van der Waals surface area contributed by atoms with E-state index in [-0.39, 0.29) is 68.0 Å². The summed E-state index contributed by atoms with van der Waals surface area (Å²) in [7, 11) is 0. The third-order valence-corrected chi connectivity index (χ3v) is 7.82. The molecule has 0 radical (unpaired) electrons. The van der Waals surface area contributed by atoms with E-state index in [9.17, 15) is 2.74 Å². The fraction of sp³-hybridized carbons (Fsp3) is 0. The fourth-order valence-electron chi connectivity index (χ4n) is 6.04. The van der Waals surface area contributed by atoms with Crippen LogP contribution in [0.5, 0.6) is 0 Å². The first kappa shape index (κ1) is 14.0. The van der Waals surface area contributed by atoms with Crippen LogP contribution in [0.15, 0.2) is 162 Å². The van der Waals surface area contributed by atoms with E-state index in [0.29, 0.717) is 38.2 Å². The fourth-order valence-corrected chi connectivity index (χ4v) is 6.04. The van der Waals surface area contributed by atoms with E-state index < -0.39 is 60.4 Å². The average Bonchev–Trinajstić information content (AvgIpc) is 3.62. The van der Waals surface area contributed by atoms with E-state index in [1.807, 2.05) is 54.6 Å². The van der Waals surface area contributed by atoms with E-state index in [1.165, 1.54) is 0 Å². The lowest BCUT2D eigenvalue weighted by Gasteiger charge is -2.18. The first-order valence-electron chi connectivity index (χ1n) is 20.6. The third-order valence-electron chi connectivity index (χ3n) is 7.82. The molecule has 0 aliphatic rings. The summed E-state index contributed by atoms with van der Waals surface area (Å²) in [6.07, 6.45) is 0. The molecular weight excluding hydrogens is 520 g/mol. The van der Waals surface area contributed by atoms with Crippen LogP contribution in [-0.2, 0) is 0 Å². The zero-order valence-electron chi connectivity index (χ0n) is 36.3. The summed E-state index contributed by atoms with van der Waals surface area (Å²) >= 11 is 0. The minimum Gasteiger partial charge on any atom is -0.456 e. The van der Waals surface area contributed by atoms with Crippen molar-refractivity contribution in [1.29, 1.82) is 0 Å². The standard InChI is InChI=1S/C42H26O/c1-2-12-27(13-3-1)28-16-10-17-31(24-28)40-32-18-6-8-20-34(32)41(35-21-9-7-19-33(35)40)36-22-11-23-38-42(36)37-25-29-14-4-5-15-30(29)26-39(37)43-38/h1-26H/i1D,2D,3D,4D,5D,11D,12D,13D,14D,15D,22D,23D,25D,26D. The number of benzene rings is 8. The van der Waals surface area contributed by atoms with E-state index in [0.717, 1.165) is 5.56 Å². The van der Waals surface area contributed by atoms with Crippen LogP contribution in [0, 0.1) is 0 Å². The van der Waals surface area contributed by atoms with Crippen LogP contribution >= 0.6 is 0 Å². The smallest absolute Gasteiger partial charge is 0.136 e. The molecule has 0 unspecified atom stereocenters. The van der Waals surface area contributed by atoms with Crippen LogP contribution in [0.25, 0.3) is 87.6 Å². The predicted molar refractivity (Wildman–Crippen MR) is 183 cm³/mol. The van der Waals surface area contributed by atoms with Crippen LogP contribution in [0.1, 0.15) is 19.2 Å². The predicted octanol–water partition coefficient (Wildman–Crippen LogP) is 12.0. The van der Waals surface area contributed by atoms with Crippen molar-refractivity contribution in [3.63, 3.8) is 0 Å². The third kappa shape index (κ3) is 3.72. The Labute approximate surface area is 268 Å². The van der Waals surface area contributed by atoms with E-state index >= 15 is 0 Å². The summed E-state index contributed by atoms with van der Waals surface area (Å²) in [6.45, 7) is 0. The largest absolute Gasteiger partial charge is 0.456 e. The number of furan rings is 1. The molecule has 9 rings (SSSR count). The molecule has 43 heavy (non-hydrogen) atoms. The second-order valence-corrected chi connectivity index (χ2v) is 10.2. The summed E-state index contributed by atoms with van der Waals surface area (Å²) in [5.74, 6) is 0. The van der Waals surface area contributed by atoms with Crippen molar-refractivity contribution in [1.82, 2.24) is 0 Å². The molecule has 200 valence electrons. The molecule has 0 saturated heterocycles. The Morgan fingerprint density at radius 2 is 1.07 bits per heavy atom. The Balaban J connectivity index is 1.44. The molecule has 0 N–H and O–H groups in total. The number of rotatable bonds is 3. The van der Waals surface area contributed by atoms with Crippen molar-refractivity contribution in [2.24, 2.45) is 0 Å². The SMILES string of the molecule is [2H]c1c([2H])c([2H])c(-c2cccc(-c3c4ccccc4c(-c4c([2H])c([2H])c([2H])c5oc6c([2H])c7c([2H])c([2H])c([2H])c([2H])c7c([2H])c6c45)c4ccccc34)c2)c([2H])c1[2H]. The highest BCUT2D eigenvalue weighted by Gasteiger charge is 2.20. The van der Waals surface area contributed by atoms with Crippen molar-refractivity contribution in [3.05, 3.63) is 157 Å². The minimum atomic E-state index is -0.577. The zero-order valence-corrected chi connectivity index (χ0v) is 22.3. The Kier molecular flexibility index (Phi) is 3.07. The monoisotopic (exact) mass is 560 g/mol. The second kappa shape index (κ2) is 9.44. The molecule has 0 atom stereocenters. The Hall–Kier alpha value is -5.66. The van der Waals surface area contributed by atoms with Crippen molar-refractivity contribution in [2.75, 3.05) is 0 Å². The Morgan fingerprint density at radius 3 is 1.79 bits per heavy atom. The Morgan fingerprint density at radius 1 is 0.442 bits per heavy atom. The summed E-state index contributed by atoms with van der Waals surface area (Å²) in [6, 6.07) is 15.5. The lowest BCUT2D eigenvalue weighted by molar-refractivity contribution is 0.669. The van der Waals surface area contributed by atoms with Gasteiger partial charge in [-0.15, -0.1) is 0 Å². The van der Waals surface area contributed by atoms with Crippen LogP contribution in [0.2, 0.25) is 0 Å². The molecule has 0 saturated carbocycles. The quantitative estimate of drug-likeness (QED) is 0.196. The van der Waals surface area contributed by atoms with Gasteiger partial charge in [-0.2, -0.15) is 0 Å². The zero-order chi connectivity index (χ0) is 40.5. The van der Waals surface area contributed by atoms with Gasteiger partial charge in [-0.1, -0.05) is 133 Å². The van der Waals surface area contributed by atoms with E-state index in [2.05, 4.69) is 0 Å². The van der Waals surface area contributed by atoms with Crippen molar-refractivity contribution in [3.8, 4) is 33.4 Å². The molecule has 1 aromatic heterocycles. The lowest BCUT2D eigenvalue weighted by atomic mass is 9.84. The molecule has 0 spiro atoms. The van der Waals surface area contributed by atoms with Gasteiger partial charge in [-0.05, 0) is 89.9 Å². The molecule has 1 heteroatoms.